The van der Waals surface area contributed by atoms with Gasteiger partial charge in [-0.15, -0.1) is 0 Å². The Morgan fingerprint density at radius 3 is 2.62 bits per heavy atom. The summed E-state index contributed by atoms with van der Waals surface area (Å²) < 4.78 is 0. The lowest BCUT2D eigenvalue weighted by molar-refractivity contribution is 1.24. The van der Waals surface area contributed by atoms with E-state index < -0.39 is 0 Å². The number of pyridine rings is 1. The van der Waals surface area contributed by atoms with E-state index in [4.69, 9.17) is 0 Å². The van der Waals surface area contributed by atoms with E-state index in [0.29, 0.717) is 0 Å². The summed E-state index contributed by atoms with van der Waals surface area (Å²) in [6, 6.07) is 5.93. The summed E-state index contributed by atoms with van der Waals surface area (Å²) in [5.74, 6) is 0. The first-order valence-corrected chi connectivity index (χ1v) is 3.06. The Kier molecular flexibility index (Phi) is 1.59. The molecule has 0 aliphatic heterocycles. The molecule has 0 saturated carbocycles. The van der Waals surface area contributed by atoms with Crippen molar-refractivity contribution in [2.24, 2.45) is 0 Å². The Morgan fingerprint density at radius 2 is 2.25 bits per heavy atom. The topological polar surface area (TPSA) is 12.9 Å². The third kappa shape index (κ3) is 1.28. The number of hydrogen-bond acceptors (Lipinski definition) is 1. The molecule has 1 unspecified atom stereocenters. The van der Waals surface area contributed by atoms with E-state index in [1.165, 1.54) is 0 Å². The van der Waals surface area contributed by atoms with Crippen LogP contribution in [0.3, 0.4) is 0 Å². The van der Waals surface area contributed by atoms with Gasteiger partial charge in [0.1, 0.15) is 0 Å². The molecule has 1 rings (SSSR count). The number of nitrogens with zero attached hydrogens (tertiary/aromatic N) is 1. The van der Waals surface area contributed by atoms with Crippen LogP contribution in [0, 0.1) is 6.92 Å². The predicted molar refractivity (Wildman–Crippen MR) is 38.3 cm³/mol. The maximum absolute atomic E-state index is 4.14. The lowest BCUT2D eigenvalue weighted by Crippen LogP contribution is -1.96. The summed E-state index contributed by atoms with van der Waals surface area (Å²) in [7, 11) is 2.55. The molecule has 0 aliphatic carbocycles. The summed E-state index contributed by atoms with van der Waals surface area (Å²) in [6.07, 6.45) is 0. The average molecular weight is 125 g/mol. The number of rotatable bonds is 0. The zero-order valence-electron chi connectivity index (χ0n) is 4.76. The largest absolute Gasteiger partial charge is 0.254 e. The van der Waals surface area contributed by atoms with Crippen LogP contribution in [-0.4, -0.2) is 4.98 Å². The molecule has 0 radical (unpaired) electrons. The molecule has 1 nitrogen and oxygen atoms in total. The summed E-state index contributed by atoms with van der Waals surface area (Å²) in [4.78, 5) is 4.14. The molecule has 1 aromatic rings. The van der Waals surface area contributed by atoms with E-state index in [9.17, 15) is 0 Å². The van der Waals surface area contributed by atoms with Crippen LogP contribution in [0.5, 0.6) is 0 Å². The summed E-state index contributed by atoms with van der Waals surface area (Å²) >= 11 is 0. The highest BCUT2D eigenvalue weighted by molar-refractivity contribution is 7.26. The Bertz CT molecular complexity index is 168. The molecular formula is C6H8NP. The van der Waals surface area contributed by atoms with Crippen LogP contribution >= 0.6 is 9.24 Å². The lowest BCUT2D eigenvalue weighted by atomic mass is 10.4. The molecule has 1 aromatic heterocycles. The first kappa shape index (κ1) is 5.71. The Balaban J connectivity index is 3.08. The molecule has 0 aliphatic rings. The van der Waals surface area contributed by atoms with Crippen LogP contribution in [0.2, 0.25) is 0 Å². The van der Waals surface area contributed by atoms with Crippen molar-refractivity contribution in [2.45, 2.75) is 6.92 Å². The van der Waals surface area contributed by atoms with Gasteiger partial charge in [0, 0.05) is 5.69 Å². The third-order valence-corrected chi connectivity index (χ3v) is 1.23. The number of aromatic nitrogens is 1. The summed E-state index contributed by atoms with van der Waals surface area (Å²) in [5.41, 5.74) is 2.07. The van der Waals surface area contributed by atoms with Gasteiger partial charge in [0.25, 0.3) is 0 Å². The van der Waals surface area contributed by atoms with Crippen LogP contribution in [0.4, 0.5) is 0 Å². The second-order valence-corrected chi connectivity index (χ2v) is 2.30. The first-order chi connectivity index (χ1) is 3.79. The zero-order chi connectivity index (χ0) is 5.98. The number of aryl methyl sites for hydroxylation is 1. The fraction of sp³-hybridized carbons (Fsp3) is 0.167. The van der Waals surface area contributed by atoms with Gasteiger partial charge < -0.3 is 0 Å². The molecule has 1 atom stereocenters. The Hall–Kier alpha value is -0.420. The van der Waals surface area contributed by atoms with E-state index in [-0.39, 0.29) is 0 Å². The molecule has 0 fully saturated rings. The molecule has 0 spiro atoms. The van der Waals surface area contributed by atoms with Crippen molar-refractivity contribution in [1.82, 2.24) is 4.98 Å². The van der Waals surface area contributed by atoms with Gasteiger partial charge in [0.15, 0.2) is 0 Å². The normalized spacial score (nSPS) is 9.25. The van der Waals surface area contributed by atoms with Crippen molar-refractivity contribution in [3.63, 3.8) is 0 Å². The quantitative estimate of drug-likeness (QED) is 0.469. The van der Waals surface area contributed by atoms with Gasteiger partial charge in [-0.2, -0.15) is 0 Å². The molecule has 1 heterocycles. The van der Waals surface area contributed by atoms with Crippen LogP contribution in [-0.2, 0) is 0 Å². The van der Waals surface area contributed by atoms with Crippen molar-refractivity contribution in [3.05, 3.63) is 23.9 Å². The summed E-state index contributed by atoms with van der Waals surface area (Å²) in [6.45, 7) is 1.98. The predicted octanol–water partition coefficient (Wildman–Crippen LogP) is 0.890. The van der Waals surface area contributed by atoms with Crippen LogP contribution < -0.4 is 5.44 Å². The molecule has 8 heavy (non-hydrogen) atoms. The monoisotopic (exact) mass is 125 g/mol. The standard InChI is InChI=1S/C6H8NP/c1-5-3-2-4-6(8)7-5/h2-4H,8H2,1H3. The second-order valence-electron chi connectivity index (χ2n) is 1.70. The smallest absolute Gasteiger partial charge is 0.0572 e. The lowest BCUT2D eigenvalue weighted by Gasteiger charge is -1.89. The van der Waals surface area contributed by atoms with E-state index in [2.05, 4.69) is 14.2 Å². The number of hydrogen-bond donors (Lipinski definition) is 0. The molecule has 0 bridgehead atoms. The van der Waals surface area contributed by atoms with Gasteiger partial charge in [-0.1, -0.05) is 15.3 Å². The van der Waals surface area contributed by atoms with Gasteiger partial charge in [-0.3, -0.25) is 4.98 Å². The van der Waals surface area contributed by atoms with Gasteiger partial charge >= 0.3 is 0 Å². The highest BCUT2D eigenvalue weighted by atomic mass is 31.0. The fourth-order valence-corrected chi connectivity index (χ4v) is 0.879. The van der Waals surface area contributed by atoms with Crippen molar-refractivity contribution >= 4 is 14.7 Å². The van der Waals surface area contributed by atoms with E-state index >= 15 is 0 Å². The van der Waals surface area contributed by atoms with Gasteiger partial charge in [-0.25, -0.2) is 0 Å². The van der Waals surface area contributed by atoms with E-state index in [1.54, 1.807) is 0 Å². The van der Waals surface area contributed by atoms with E-state index in [1.807, 2.05) is 25.1 Å². The van der Waals surface area contributed by atoms with Gasteiger partial charge in [-0.05, 0) is 19.1 Å². The minimum atomic E-state index is 1.00. The van der Waals surface area contributed by atoms with Gasteiger partial charge in [0.05, 0.1) is 5.44 Å². The minimum absolute atomic E-state index is 1.00. The van der Waals surface area contributed by atoms with Crippen molar-refractivity contribution in [2.75, 3.05) is 0 Å². The van der Waals surface area contributed by atoms with Crippen molar-refractivity contribution in [1.29, 1.82) is 0 Å². The minimum Gasteiger partial charge on any atom is -0.254 e. The van der Waals surface area contributed by atoms with Crippen molar-refractivity contribution in [3.8, 4) is 0 Å². The molecule has 0 N–H and O–H groups in total. The average Bonchev–Trinajstić information content (AvgIpc) is 1.64. The molecular weight excluding hydrogens is 117 g/mol. The van der Waals surface area contributed by atoms with Gasteiger partial charge in [0.2, 0.25) is 0 Å². The molecule has 42 valence electrons. The first-order valence-electron chi connectivity index (χ1n) is 2.48. The Labute approximate surface area is 51.3 Å². The SMILES string of the molecule is Cc1cccc(P)n1. The van der Waals surface area contributed by atoms with E-state index in [0.717, 1.165) is 11.1 Å². The van der Waals surface area contributed by atoms with Crippen LogP contribution in [0.15, 0.2) is 18.2 Å². The fourth-order valence-electron chi connectivity index (χ4n) is 0.564. The van der Waals surface area contributed by atoms with Crippen LogP contribution in [0.25, 0.3) is 0 Å². The third-order valence-electron chi connectivity index (χ3n) is 0.910. The summed E-state index contributed by atoms with van der Waals surface area (Å²) in [5, 5.41) is 0. The molecule has 0 saturated heterocycles. The highest BCUT2D eigenvalue weighted by Gasteiger charge is 1.82. The van der Waals surface area contributed by atoms with Crippen LogP contribution in [0.1, 0.15) is 5.69 Å². The molecule has 0 amide bonds. The Morgan fingerprint density at radius 1 is 1.50 bits per heavy atom. The molecule has 2 heteroatoms. The maximum atomic E-state index is 4.14. The zero-order valence-corrected chi connectivity index (χ0v) is 5.91. The molecule has 0 aromatic carbocycles. The maximum Gasteiger partial charge on any atom is 0.0572 e. The van der Waals surface area contributed by atoms with Crippen molar-refractivity contribution < 1.29 is 0 Å². The second kappa shape index (κ2) is 2.23. The highest BCUT2D eigenvalue weighted by Crippen LogP contribution is 1.89.